The molecule has 0 fully saturated rings. The van der Waals surface area contributed by atoms with Crippen LogP contribution < -0.4 is 4.74 Å². The van der Waals surface area contributed by atoms with E-state index in [-0.39, 0.29) is 0 Å². The SMILES string of the molecule is CC1=NN(C(=O)C(C)Oc2ccc(Cl)c(C)c2)C(=O)/C1=C\c1ccccc1. The summed E-state index contributed by atoms with van der Waals surface area (Å²) < 4.78 is 5.67. The summed E-state index contributed by atoms with van der Waals surface area (Å²) in [6, 6.07) is 14.5. The summed E-state index contributed by atoms with van der Waals surface area (Å²) in [5, 5.41) is 5.61. The van der Waals surface area contributed by atoms with Gasteiger partial charge in [-0.25, -0.2) is 0 Å². The predicted octanol–water partition coefficient (Wildman–Crippen LogP) is 4.24. The molecule has 0 bridgehead atoms. The third-order valence-electron chi connectivity index (χ3n) is 4.17. The highest BCUT2D eigenvalue weighted by Crippen LogP contribution is 2.24. The van der Waals surface area contributed by atoms with Crippen molar-refractivity contribution in [1.82, 2.24) is 5.01 Å². The van der Waals surface area contributed by atoms with Gasteiger partial charge < -0.3 is 4.74 Å². The number of aryl methyl sites for hydroxylation is 1. The van der Waals surface area contributed by atoms with Crippen molar-refractivity contribution in [2.24, 2.45) is 5.10 Å². The van der Waals surface area contributed by atoms with Gasteiger partial charge in [0.25, 0.3) is 11.8 Å². The molecule has 1 atom stereocenters. The van der Waals surface area contributed by atoms with Gasteiger partial charge in [-0.1, -0.05) is 41.9 Å². The Labute approximate surface area is 162 Å². The molecule has 0 saturated heterocycles. The zero-order valence-corrected chi connectivity index (χ0v) is 16.0. The van der Waals surface area contributed by atoms with Gasteiger partial charge >= 0.3 is 0 Å². The van der Waals surface area contributed by atoms with E-state index in [1.54, 1.807) is 38.1 Å². The summed E-state index contributed by atoms with van der Waals surface area (Å²) in [6.07, 6.45) is 0.852. The minimum atomic E-state index is -0.873. The lowest BCUT2D eigenvalue weighted by Crippen LogP contribution is -2.39. The van der Waals surface area contributed by atoms with Crippen LogP contribution in [0.4, 0.5) is 0 Å². The first-order valence-electron chi connectivity index (χ1n) is 8.50. The maximum absolute atomic E-state index is 12.7. The van der Waals surface area contributed by atoms with E-state index >= 15 is 0 Å². The molecule has 2 aromatic rings. The summed E-state index contributed by atoms with van der Waals surface area (Å²) in [5.74, 6) is -0.474. The summed E-state index contributed by atoms with van der Waals surface area (Å²) >= 11 is 6.00. The number of hydrazone groups is 1. The Morgan fingerprint density at radius 2 is 1.89 bits per heavy atom. The molecule has 2 amide bonds. The second kappa shape index (κ2) is 7.76. The van der Waals surface area contributed by atoms with Gasteiger partial charge in [0.15, 0.2) is 6.10 Å². The van der Waals surface area contributed by atoms with E-state index in [1.165, 1.54) is 0 Å². The van der Waals surface area contributed by atoms with Gasteiger partial charge in [0.05, 0.1) is 11.3 Å². The Balaban J connectivity index is 1.76. The molecule has 0 aliphatic carbocycles. The van der Waals surface area contributed by atoms with Crippen LogP contribution in [0.1, 0.15) is 25.0 Å². The van der Waals surface area contributed by atoms with Gasteiger partial charge in [-0.15, -0.1) is 0 Å². The van der Waals surface area contributed by atoms with Crippen molar-refractivity contribution in [3.8, 4) is 5.75 Å². The second-order valence-corrected chi connectivity index (χ2v) is 6.69. The van der Waals surface area contributed by atoms with E-state index in [1.807, 2.05) is 37.3 Å². The van der Waals surface area contributed by atoms with Gasteiger partial charge in [-0.05, 0) is 56.2 Å². The van der Waals surface area contributed by atoms with Gasteiger partial charge in [0, 0.05) is 5.02 Å². The van der Waals surface area contributed by atoms with E-state index in [2.05, 4.69) is 5.10 Å². The Morgan fingerprint density at radius 3 is 2.56 bits per heavy atom. The number of amides is 2. The number of nitrogens with zero attached hydrogens (tertiary/aromatic N) is 2. The lowest BCUT2D eigenvalue weighted by Gasteiger charge is -2.18. The molecule has 1 aliphatic heterocycles. The van der Waals surface area contributed by atoms with Crippen molar-refractivity contribution in [2.45, 2.75) is 26.9 Å². The van der Waals surface area contributed by atoms with E-state index in [0.29, 0.717) is 22.1 Å². The third kappa shape index (κ3) is 4.09. The van der Waals surface area contributed by atoms with E-state index in [0.717, 1.165) is 16.1 Å². The molecule has 0 radical (unpaired) electrons. The van der Waals surface area contributed by atoms with Gasteiger partial charge in [-0.3, -0.25) is 9.59 Å². The minimum Gasteiger partial charge on any atom is -0.481 e. The van der Waals surface area contributed by atoms with Crippen LogP contribution >= 0.6 is 11.6 Å². The van der Waals surface area contributed by atoms with Crippen LogP contribution in [0.3, 0.4) is 0 Å². The molecule has 1 unspecified atom stereocenters. The summed E-state index contributed by atoms with van der Waals surface area (Å²) in [6.45, 7) is 5.14. The smallest absolute Gasteiger partial charge is 0.290 e. The van der Waals surface area contributed by atoms with Gasteiger partial charge in [0.2, 0.25) is 0 Å². The summed E-state index contributed by atoms with van der Waals surface area (Å²) in [4.78, 5) is 25.3. The number of rotatable bonds is 4. The molecule has 0 N–H and O–H groups in total. The molecule has 138 valence electrons. The number of carbonyl (C=O) groups is 2. The van der Waals surface area contributed by atoms with Crippen LogP contribution in [0.2, 0.25) is 5.02 Å². The monoisotopic (exact) mass is 382 g/mol. The number of imide groups is 1. The summed E-state index contributed by atoms with van der Waals surface area (Å²) in [7, 11) is 0. The highest BCUT2D eigenvalue weighted by atomic mass is 35.5. The Hall–Kier alpha value is -2.92. The van der Waals surface area contributed by atoms with Crippen molar-refractivity contribution in [3.05, 3.63) is 70.3 Å². The standard InChI is InChI=1S/C21H19ClN2O3/c1-13-11-17(9-10-19(13)22)27-15(3)20(25)24-21(26)18(14(2)23-24)12-16-7-5-4-6-8-16/h4-12,15H,1-3H3/b18-12-. The Morgan fingerprint density at radius 1 is 1.19 bits per heavy atom. The number of hydrogen-bond acceptors (Lipinski definition) is 4. The number of benzene rings is 2. The number of ether oxygens (including phenoxy) is 1. The topological polar surface area (TPSA) is 59.0 Å². The van der Waals surface area contributed by atoms with Crippen LogP contribution in [-0.4, -0.2) is 28.6 Å². The number of carbonyl (C=O) groups excluding carboxylic acids is 2. The quantitative estimate of drug-likeness (QED) is 0.743. The molecule has 3 rings (SSSR count). The van der Waals surface area contributed by atoms with Crippen LogP contribution in [0.5, 0.6) is 5.75 Å². The van der Waals surface area contributed by atoms with E-state index < -0.39 is 17.9 Å². The lowest BCUT2D eigenvalue weighted by atomic mass is 10.1. The van der Waals surface area contributed by atoms with Crippen LogP contribution in [0.25, 0.3) is 6.08 Å². The molecule has 0 saturated carbocycles. The van der Waals surface area contributed by atoms with Crippen LogP contribution in [-0.2, 0) is 9.59 Å². The first kappa shape index (κ1) is 18.9. The van der Waals surface area contributed by atoms with Crippen LogP contribution in [0.15, 0.2) is 59.2 Å². The first-order chi connectivity index (χ1) is 12.9. The van der Waals surface area contributed by atoms with Crippen molar-refractivity contribution >= 4 is 35.2 Å². The fourth-order valence-corrected chi connectivity index (χ4v) is 2.78. The average Bonchev–Trinajstić information content (AvgIpc) is 2.93. The second-order valence-electron chi connectivity index (χ2n) is 6.28. The zero-order chi connectivity index (χ0) is 19.6. The highest BCUT2D eigenvalue weighted by molar-refractivity contribution is 6.31. The number of halogens is 1. The molecular formula is C21H19ClN2O3. The highest BCUT2D eigenvalue weighted by Gasteiger charge is 2.35. The van der Waals surface area contributed by atoms with Crippen molar-refractivity contribution in [1.29, 1.82) is 0 Å². The van der Waals surface area contributed by atoms with E-state index in [9.17, 15) is 9.59 Å². The lowest BCUT2D eigenvalue weighted by molar-refractivity contribution is -0.146. The largest absolute Gasteiger partial charge is 0.481 e. The predicted molar refractivity (Wildman–Crippen MR) is 106 cm³/mol. The fraction of sp³-hybridized carbons (Fsp3) is 0.190. The van der Waals surface area contributed by atoms with Gasteiger partial charge in [-0.2, -0.15) is 10.1 Å². The molecule has 1 aliphatic rings. The van der Waals surface area contributed by atoms with E-state index in [4.69, 9.17) is 16.3 Å². The summed E-state index contributed by atoms with van der Waals surface area (Å²) in [5.41, 5.74) is 2.59. The van der Waals surface area contributed by atoms with Crippen LogP contribution in [0, 0.1) is 6.92 Å². The molecular weight excluding hydrogens is 364 g/mol. The normalized spacial score (nSPS) is 16.4. The molecule has 27 heavy (non-hydrogen) atoms. The maximum Gasteiger partial charge on any atom is 0.290 e. The molecule has 5 nitrogen and oxygen atoms in total. The van der Waals surface area contributed by atoms with Gasteiger partial charge in [0.1, 0.15) is 5.75 Å². The molecule has 2 aromatic carbocycles. The van der Waals surface area contributed by atoms with Crippen molar-refractivity contribution in [3.63, 3.8) is 0 Å². The molecule has 6 heteroatoms. The first-order valence-corrected chi connectivity index (χ1v) is 8.88. The molecule has 1 heterocycles. The van der Waals surface area contributed by atoms with Crippen molar-refractivity contribution in [2.75, 3.05) is 0 Å². The fourth-order valence-electron chi connectivity index (χ4n) is 2.67. The maximum atomic E-state index is 12.7. The molecule has 0 spiro atoms. The Bertz CT molecular complexity index is 951. The average molecular weight is 383 g/mol. The van der Waals surface area contributed by atoms with Crippen molar-refractivity contribution < 1.29 is 14.3 Å². The Kier molecular flexibility index (Phi) is 5.42. The number of hydrogen-bond donors (Lipinski definition) is 0. The minimum absolute atomic E-state index is 0.393. The zero-order valence-electron chi connectivity index (χ0n) is 15.3. The third-order valence-corrected chi connectivity index (χ3v) is 4.60. The molecule has 0 aromatic heterocycles.